The van der Waals surface area contributed by atoms with Crippen molar-refractivity contribution in [1.82, 2.24) is 5.32 Å². The first-order valence-electron chi connectivity index (χ1n) is 9.30. The molecule has 0 radical (unpaired) electrons. The average Bonchev–Trinajstić information content (AvgIpc) is 3.06. The summed E-state index contributed by atoms with van der Waals surface area (Å²) in [6.45, 7) is 7.11. The Kier molecular flexibility index (Phi) is 5.08. The van der Waals surface area contributed by atoms with Gasteiger partial charge < -0.3 is 20.1 Å². The van der Waals surface area contributed by atoms with E-state index >= 15 is 0 Å². The highest BCUT2D eigenvalue weighted by molar-refractivity contribution is 5.99. The second kappa shape index (κ2) is 7.00. The fourth-order valence-corrected chi connectivity index (χ4v) is 4.03. The van der Waals surface area contributed by atoms with Crippen LogP contribution in [0.2, 0.25) is 0 Å². The van der Waals surface area contributed by atoms with Crippen molar-refractivity contribution >= 4 is 17.5 Å². The number of benzene rings is 1. The summed E-state index contributed by atoms with van der Waals surface area (Å²) in [5.41, 5.74) is 0.170. The van der Waals surface area contributed by atoms with Crippen molar-refractivity contribution in [3.63, 3.8) is 0 Å². The number of hydrogen-bond donors (Lipinski definition) is 2. The Morgan fingerprint density at radius 3 is 2.77 bits per heavy atom. The Bertz CT molecular complexity index is 703. The summed E-state index contributed by atoms with van der Waals surface area (Å²) in [6.07, 6.45) is 1.99. The summed E-state index contributed by atoms with van der Waals surface area (Å²) >= 11 is 0. The highest BCUT2D eigenvalue weighted by Crippen LogP contribution is 2.51. The van der Waals surface area contributed by atoms with Crippen LogP contribution in [-0.4, -0.2) is 48.3 Å². The van der Waals surface area contributed by atoms with Gasteiger partial charge in [-0.05, 0) is 31.5 Å². The van der Waals surface area contributed by atoms with E-state index in [-0.39, 0.29) is 29.9 Å². The lowest BCUT2D eigenvalue weighted by molar-refractivity contribution is -0.172. The fourth-order valence-electron chi connectivity index (χ4n) is 4.03. The van der Waals surface area contributed by atoms with Gasteiger partial charge in [-0.2, -0.15) is 0 Å². The van der Waals surface area contributed by atoms with Crippen LogP contribution in [0.1, 0.15) is 50.4 Å². The third-order valence-corrected chi connectivity index (χ3v) is 6.06. The average molecular weight is 360 g/mol. The SMILES string of the molecule is CCOC1CC(CO)(NC(=O)c2cccc(N3CCCC3=O)c2)C1(C)C. The molecule has 1 heterocycles. The third-order valence-electron chi connectivity index (χ3n) is 6.06. The van der Waals surface area contributed by atoms with E-state index < -0.39 is 5.54 Å². The van der Waals surface area contributed by atoms with Crippen molar-refractivity contribution in [3.05, 3.63) is 29.8 Å². The van der Waals surface area contributed by atoms with E-state index in [0.717, 1.165) is 12.1 Å². The van der Waals surface area contributed by atoms with Crippen molar-refractivity contribution in [3.8, 4) is 0 Å². The van der Waals surface area contributed by atoms with E-state index in [1.807, 2.05) is 26.8 Å². The van der Waals surface area contributed by atoms with Crippen LogP contribution in [0.15, 0.2) is 24.3 Å². The molecule has 2 aliphatic rings. The van der Waals surface area contributed by atoms with Crippen LogP contribution in [0.25, 0.3) is 0 Å². The maximum atomic E-state index is 12.8. The van der Waals surface area contributed by atoms with Gasteiger partial charge in [0.05, 0.1) is 18.2 Å². The van der Waals surface area contributed by atoms with Gasteiger partial charge in [-0.3, -0.25) is 9.59 Å². The molecule has 6 heteroatoms. The third kappa shape index (κ3) is 3.01. The molecule has 0 aromatic heterocycles. The summed E-state index contributed by atoms with van der Waals surface area (Å²) in [6, 6.07) is 7.11. The summed E-state index contributed by atoms with van der Waals surface area (Å²) in [7, 11) is 0. The van der Waals surface area contributed by atoms with Gasteiger partial charge in [0.1, 0.15) is 0 Å². The number of aliphatic hydroxyl groups excluding tert-OH is 1. The summed E-state index contributed by atoms with van der Waals surface area (Å²) in [4.78, 5) is 26.5. The number of amides is 2. The highest BCUT2D eigenvalue weighted by atomic mass is 16.5. The zero-order chi connectivity index (χ0) is 18.9. The van der Waals surface area contributed by atoms with E-state index in [1.165, 1.54) is 0 Å². The number of ether oxygens (including phenoxy) is 1. The van der Waals surface area contributed by atoms with Gasteiger partial charge in [0.15, 0.2) is 0 Å². The highest BCUT2D eigenvalue weighted by Gasteiger charge is 2.61. The minimum atomic E-state index is -0.705. The molecule has 2 atom stereocenters. The Hall–Kier alpha value is -1.92. The van der Waals surface area contributed by atoms with Crippen LogP contribution in [0, 0.1) is 5.41 Å². The molecule has 0 spiro atoms. The molecule has 1 saturated carbocycles. The number of carbonyl (C=O) groups is 2. The van der Waals surface area contributed by atoms with E-state index in [4.69, 9.17) is 4.74 Å². The number of hydrogen-bond acceptors (Lipinski definition) is 4. The predicted molar refractivity (Wildman–Crippen MR) is 99.1 cm³/mol. The molecule has 142 valence electrons. The quantitative estimate of drug-likeness (QED) is 0.814. The Morgan fingerprint density at radius 1 is 1.42 bits per heavy atom. The van der Waals surface area contributed by atoms with Gasteiger partial charge >= 0.3 is 0 Å². The molecule has 2 N–H and O–H groups in total. The fraction of sp³-hybridized carbons (Fsp3) is 0.600. The molecule has 1 saturated heterocycles. The number of carbonyl (C=O) groups excluding carboxylic acids is 2. The van der Waals surface area contributed by atoms with Gasteiger partial charge in [0.2, 0.25) is 5.91 Å². The minimum Gasteiger partial charge on any atom is -0.394 e. The molecule has 2 fully saturated rings. The van der Waals surface area contributed by atoms with Gasteiger partial charge in [-0.25, -0.2) is 0 Å². The molecular weight excluding hydrogens is 332 g/mol. The van der Waals surface area contributed by atoms with Crippen molar-refractivity contribution in [2.45, 2.75) is 51.7 Å². The zero-order valence-corrected chi connectivity index (χ0v) is 15.7. The van der Waals surface area contributed by atoms with Gasteiger partial charge in [0, 0.05) is 42.7 Å². The van der Waals surface area contributed by atoms with Crippen LogP contribution in [0.3, 0.4) is 0 Å². The summed E-state index contributed by atoms with van der Waals surface area (Å²) in [5.74, 6) is -0.148. The Morgan fingerprint density at radius 2 is 2.19 bits per heavy atom. The normalized spacial score (nSPS) is 27.3. The minimum absolute atomic E-state index is 0.00788. The molecule has 1 aromatic rings. The van der Waals surface area contributed by atoms with Crippen LogP contribution in [-0.2, 0) is 9.53 Å². The largest absolute Gasteiger partial charge is 0.394 e. The lowest BCUT2D eigenvalue weighted by Crippen LogP contribution is -2.74. The molecule has 1 aromatic carbocycles. The predicted octanol–water partition coefficient (Wildman–Crippen LogP) is 2.11. The number of anilines is 1. The second-order valence-corrected chi connectivity index (χ2v) is 7.76. The van der Waals surface area contributed by atoms with Crippen LogP contribution in [0.5, 0.6) is 0 Å². The molecular formula is C20H28N2O4. The van der Waals surface area contributed by atoms with E-state index in [2.05, 4.69) is 5.32 Å². The molecule has 2 unspecified atom stereocenters. The van der Waals surface area contributed by atoms with Crippen LogP contribution >= 0.6 is 0 Å². The van der Waals surface area contributed by atoms with Crippen molar-refractivity contribution < 1.29 is 19.4 Å². The topological polar surface area (TPSA) is 78.9 Å². The molecule has 3 rings (SSSR count). The Labute approximate surface area is 154 Å². The molecule has 0 bridgehead atoms. The molecule has 26 heavy (non-hydrogen) atoms. The zero-order valence-electron chi connectivity index (χ0n) is 15.7. The smallest absolute Gasteiger partial charge is 0.251 e. The van der Waals surface area contributed by atoms with Crippen LogP contribution in [0.4, 0.5) is 5.69 Å². The monoisotopic (exact) mass is 360 g/mol. The molecule has 1 aliphatic heterocycles. The number of rotatable bonds is 6. The summed E-state index contributed by atoms with van der Waals surface area (Å²) < 4.78 is 5.73. The maximum absolute atomic E-state index is 12.8. The first kappa shape index (κ1) is 18.9. The first-order chi connectivity index (χ1) is 12.3. The van der Waals surface area contributed by atoms with Crippen molar-refractivity contribution in [2.24, 2.45) is 5.41 Å². The lowest BCUT2D eigenvalue weighted by atomic mass is 9.54. The first-order valence-corrected chi connectivity index (χ1v) is 9.30. The van der Waals surface area contributed by atoms with Crippen molar-refractivity contribution in [1.29, 1.82) is 0 Å². The number of nitrogens with one attached hydrogen (secondary N) is 1. The second-order valence-electron chi connectivity index (χ2n) is 7.76. The number of aliphatic hydroxyl groups is 1. The molecule has 2 amide bonds. The van der Waals surface area contributed by atoms with E-state index in [0.29, 0.717) is 31.6 Å². The van der Waals surface area contributed by atoms with Gasteiger partial charge in [-0.1, -0.05) is 19.9 Å². The van der Waals surface area contributed by atoms with Gasteiger partial charge in [-0.15, -0.1) is 0 Å². The molecule has 1 aliphatic carbocycles. The molecule has 6 nitrogen and oxygen atoms in total. The van der Waals surface area contributed by atoms with E-state index in [9.17, 15) is 14.7 Å². The standard InChI is InChI=1S/C20H28N2O4/c1-4-26-16-12-20(13-23,19(16,2)3)21-18(25)14-7-5-8-15(11-14)22-10-6-9-17(22)24/h5,7-8,11,16,23H,4,6,9-10,12-13H2,1-3H3,(H,21,25). The lowest BCUT2D eigenvalue weighted by Gasteiger charge is -2.60. The maximum Gasteiger partial charge on any atom is 0.251 e. The van der Waals surface area contributed by atoms with Crippen molar-refractivity contribution in [2.75, 3.05) is 24.7 Å². The van der Waals surface area contributed by atoms with Crippen LogP contribution < -0.4 is 10.2 Å². The number of nitrogens with zero attached hydrogens (tertiary/aromatic N) is 1. The summed E-state index contributed by atoms with van der Waals surface area (Å²) in [5, 5.41) is 13.0. The van der Waals surface area contributed by atoms with Gasteiger partial charge in [0.25, 0.3) is 5.91 Å². The Balaban J connectivity index is 1.77. The van der Waals surface area contributed by atoms with E-state index in [1.54, 1.807) is 23.1 Å².